The minimum Gasteiger partial charge on any atom is -0.496 e. The first-order valence-corrected chi connectivity index (χ1v) is 8.79. The van der Waals surface area contributed by atoms with E-state index in [9.17, 15) is 4.79 Å². The highest BCUT2D eigenvalue weighted by atomic mass is 32.2. The van der Waals surface area contributed by atoms with Gasteiger partial charge in [-0.25, -0.2) is 0 Å². The monoisotopic (exact) mass is 327 g/mol. The number of benzene rings is 2. The van der Waals surface area contributed by atoms with E-state index in [4.69, 9.17) is 4.74 Å². The number of thioether (sulfide) groups is 1. The highest BCUT2D eigenvalue weighted by Gasteiger charge is 2.33. The molecule has 0 saturated carbocycles. The first-order chi connectivity index (χ1) is 11.1. The van der Waals surface area contributed by atoms with Crippen LogP contribution in [0, 0.1) is 13.8 Å². The minimum atomic E-state index is 0.0393. The molecule has 0 aromatic heterocycles. The number of carbonyl (C=O) groups excluding carboxylic acids is 1. The Labute approximate surface area is 141 Å². The molecule has 1 aliphatic heterocycles. The van der Waals surface area contributed by atoms with E-state index in [0.29, 0.717) is 11.3 Å². The van der Waals surface area contributed by atoms with Gasteiger partial charge in [-0.05, 0) is 37.1 Å². The van der Waals surface area contributed by atoms with Gasteiger partial charge in [0.1, 0.15) is 11.1 Å². The largest absolute Gasteiger partial charge is 0.496 e. The smallest absolute Gasteiger partial charge is 0.258 e. The lowest BCUT2D eigenvalue weighted by molar-refractivity contribution is 0.0756. The van der Waals surface area contributed by atoms with E-state index in [2.05, 4.69) is 32.0 Å². The molecule has 0 spiro atoms. The number of aryl methyl sites for hydroxylation is 2. The molecule has 0 N–H and O–H groups in total. The van der Waals surface area contributed by atoms with Crippen molar-refractivity contribution in [2.45, 2.75) is 19.2 Å². The molecule has 1 atom stereocenters. The van der Waals surface area contributed by atoms with Crippen molar-refractivity contribution in [3.8, 4) is 5.75 Å². The van der Waals surface area contributed by atoms with Crippen LogP contribution in [0.3, 0.4) is 0 Å². The Morgan fingerprint density at radius 2 is 2.00 bits per heavy atom. The molecule has 0 aliphatic carbocycles. The summed E-state index contributed by atoms with van der Waals surface area (Å²) in [5.74, 6) is 1.63. The molecule has 3 nitrogen and oxygen atoms in total. The van der Waals surface area contributed by atoms with Crippen molar-refractivity contribution in [1.82, 2.24) is 4.90 Å². The van der Waals surface area contributed by atoms with Crippen LogP contribution in [0.2, 0.25) is 0 Å². The Morgan fingerprint density at radius 3 is 2.74 bits per heavy atom. The maximum atomic E-state index is 13.0. The summed E-state index contributed by atoms with van der Waals surface area (Å²) in [5, 5.41) is 0.0769. The van der Waals surface area contributed by atoms with Crippen molar-refractivity contribution in [1.29, 1.82) is 0 Å². The van der Waals surface area contributed by atoms with E-state index in [0.717, 1.165) is 12.3 Å². The molecular weight excluding hydrogens is 306 g/mol. The van der Waals surface area contributed by atoms with Crippen molar-refractivity contribution in [3.63, 3.8) is 0 Å². The van der Waals surface area contributed by atoms with E-state index in [1.807, 2.05) is 40.9 Å². The van der Waals surface area contributed by atoms with Gasteiger partial charge in [0.2, 0.25) is 0 Å². The van der Waals surface area contributed by atoms with Crippen LogP contribution in [0.15, 0.2) is 42.5 Å². The Kier molecular flexibility index (Phi) is 4.62. The number of para-hydroxylation sites is 1. The third-order valence-corrected chi connectivity index (χ3v) is 5.42. The van der Waals surface area contributed by atoms with E-state index < -0.39 is 0 Å². The number of amides is 1. The lowest BCUT2D eigenvalue weighted by Crippen LogP contribution is -2.31. The van der Waals surface area contributed by atoms with Gasteiger partial charge in [-0.3, -0.25) is 4.79 Å². The first-order valence-electron chi connectivity index (χ1n) is 7.74. The predicted molar refractivity (Wildman–Crippen MR) is 95.1 cm³/mol. The average Bonchev–Trinajstić information content (AvgIpc) is 3.03. The van der Waals surface area contributed by atoms with Crippen LogP contribution in [0.25, 0.3) is 0 Å². The number of carbonyl (C=O) groups is 1. The van der Waals surface area contributed by atoms with Crippen LogP contribution < -0.4 is 4.74 Å². The predicted octanol–water partition coefficient (Wildman–Crippen LogP) is 4.20. The summed E-state index contributed by atoms with van der Waals surface area (Å²) in [5.41, 5.74) is 4.34. The quantitative estimate of drug-likeness (QED) is 0.846. The van der Waals surface area contributed by atoms with E-state index >= 15 is 0 Å². The highest BCUT2D eigenvalue weighted by Crippen LogP contribution is 2.40. The Balaban J connectivity index is 1.94. The summed E-state index contributed by atoms with van der Waals surface area (Å²) >= 11 is 1.82. The fourth-order valence-corrected chi connectivity index (χ4v) is 4.36. The highest BCUT2D eigenvalue weighted by molar-refractivity contribution is 7.99. The third-order valence-electron chi connectivity index (χ3n) is 4.18. The summed E-state index contributed by atoms with van der Waals surface area (Å²) in [6.45, 7) is 4.98. The van der Waals surface area contributed by atoms with Gasteiger partial charge in [0.05, 0.1) is 12.7 Å². The molecule has 120 valence electrons. The molecular formula is C19H21NO2S. The van der Waals surface area contributed by atoms with Crippen LogP contribution in [0.1, 0.15) is 32.4 Å². The van der Waals surface area contributed by atoms with Gasteiger partial charge in [0, 0.05) is 12.3 Å². The molecule has 4 heteroatoms. The Hall–Kier alpha value is -1.94. The first kappa shape index (κ1) is 15.9. The van der Waals surface area contributed by atoms with Crippen LogP contribution >= 0.6 is 11.8 Å². The molecule has 1 amide bonds. The zero-order valence-electron chi connectivity index (χ0n) is 13.7. The van der Waals surface area contributed by atoms with Crippen LogP contribution in [0.5, 0.6) is 5.75 Å². The third kappa shape index (κ3) is 3.08. The van der Waals surface area contributed by atoms with Gasteiger partial charge >= 0.3 is 0 Å². The molecule has 2 aromatic carbocycles. The zero-order chi connectivity index (χ0) is 16.4. The van der Waals surface area contributed by atoms with E-state index in [1.54, 1.807) is 7.11 Å². The van der Waals surface area contributed by atoms with Crippen molar-refractivity contribution >= 4 is 17.7 Å². The van der Waals surface area contributed by atoms with E-state index in [1.165, 1.54) is 16.7 Å². The van der Waals surface area contributed by atoms with Crippen LogP contribution in [-0.2, 0) is 0 Å². The normalized spacial score (nSPS) is 17.3. The number of ether oxygens (including phenoxy) is 1. The van der Waals surface area contributed by atoms with Crippen molar-refractivity contribution in [2.75, 3.05) is 19.4 Å². The van der Waals surface area contributed by atoms with Crippen molar-refractivity contribution in [3.05, 3.63) is 64.7 Å². The summed E-state index contributed by atoms with van der Waals surface area (Å²) in [6, 6.07) is 13.9. The van der Waals surface area contributed by atoms with Crippen molar-refractivity contribution in [2.24, 2.45) is 0 Å². The summed E-state index contributed by atoms with van der Waals surface area (Å²) in [7, 11) is 1.60. The van der Waals surface area contributed by atoms with Gasteiger partial charge < -0.3 is 9.64 Å². The number of hydrogen-bond acceptors (Lipinski definition) is 3. The molecule has 1 fully saturated rings. The molecule has 1 heterocycles. The molecule has 1 unspecified atom stereocenters. The lowest BCUT2D eigenvalue weighted by atomic mass is 10.0. The Bertz CT molecular complexity index is 729. The fraction of sp³-hybridized carbons (Fsp3) is 0.316. The minimum absolute atomic E-state index is 0.0393. The second-order valence-corrected chi connectivity index (χ2v) is 6.97. The number of nitrogens with zero attached hydrogens (tertiary/aromatic N) is 1. The van der Waals surface area contributed by atoms with E-state index in [-0.39, 0.29) is 11.3 Å². The summed E-state index contributed by atoms with van der Waals surface area (Å²) < 4.78 is 5.35. The molecule has 1 saturated heterocycles. The average molecular weight is 327 g/mol. The number of rotatable bonds is 3. The van der Waals surface area contributed by atoms with Gasteiger partial charge in [-0.1, -0.05) is 35.9 Å². The summed E-state index contributed by atoms with van der Waals surface area (Å²) in [4.78, 5) is 15.0. The fourth-order valence-electron chi connectivity index (χ4n) is 3.01. The van der Waals surface area contributed by atoms with Gasteiger partial charge in [-0.15, -0.1) is 11.8 Å². The maximum absolute atomic E-state index is 13.0. The van der Waals surface area contributed by atoms with Gasteiger partial charge in [-0.2, -0.15) is 0 Å². The Morgan fingerprint density at radius 1 is 1.22 bits per heavy atom. The van der Waals surface area contributed by atoms with Crippen LogP contribution in [0.4, 0.5) is 0 Å². The molecule has 0 radical (unpaired) electrons. The zero-order valence-corrected chi connectivity index (χ0v) is 14.5. The van der Waals surface area contributed by atoms with Crippen molar-refractivity contribution < 1.29 is 9.53 Å². The molecule has 3 rings (SSSR count). The number of methoxy groups -OCH3 is 1. The van der Waals surface area contributed by atoms with Gasteiger partial charge in [0.15, 0.2) is 0 Å². The topological polar surface area (TPSA) is 29.5 Å². The second kappa shape index (κ2) is 6.67. The molecule has 0 bridgehead atoms. The molecule has 23 heavy (non-hydrogen) atoms. The van der Waals surface area contributed by atoms with Crippen LogP contribution in [-0.4, -0.2) is 30.2 Å². The molecule has 2 aromatic rings. The second-order valence-electron chi connectivity index (χ2n) is 5.78. The standard InChI is InChI=1S/C19H21NO2S/c1-13-8-9-15(14(2)12-13)19-20(10-11-23-19)18(21)16-6-4-5-7-17(16)22-3/h4-9,12,19H,10-11H2,1-3H3. The summed E-state index contributed by atoms with van der Waals surface area (Å²) in [6.07, 6.45) is 0. The van der Waals surface area contributed by atoms with Gasteiger partial charge in [0.25, 0.3) is 5.91 Å². The number of hydrogen-bond donors (Lipinski definition) is 0. The molecule has 1 aliphatic rings. The lowest BCUT2D eigenvalue weighted by Gasteiger charge is -2.26. The maximum Gasteiger partial charge on any atom is 0.258 e. The SMILES string of the molecule is COc1ccccc1C(=O)N1CCSC1c1ccc(C)cc1C.